The molecule has 1 aliphatic rings. The fourth-order valence-corrected chi connectivity index (χ4v) is 3.29. The maximum atomic E-state index is 13.3. The van der Waals surface area contributed by atoms with E-state index in [0.29, 0.717) is 29.3 Å². The first-order valence-corrected chi connectivity index (χ1v) is 10.1. The molecule has 1 fully saturated rings. The quantitative estimate of drug-likeness (QED) is 0.506. The van der Waals surface area contributed by atoms with Gasteiger partial charge >= 0.3 is 6.18 Å². The van der Waals surface area contributed by atoms with Crippen LogP contribution in [0.15, 0.2) is 89.6 Å². The Kier molecular flexibility index (Phi) is 6.98. The zero-order valence-corrected chi connectivity index (χ0v) is 17.8. The SMILES string of the molecule is C=C/C=C1\C(=C/C)C(=Nc2cccc(C(F)(F)F)c2)C(=O)N1c1ccc(OCCC)cc1. The van der Waals surface area contributed by atoms with E-state index in [4.69, 9.17) is 4.74 Å². The number of ether oxygens (including phenoxy) is 1. The second-order valence-electron chi connectivity index (χ2n) is 6.98. The molecule has 32 heavy (non-hydrogen) atoms. The molecule has 7 heteroatoms. The third-order valence-electron chi connectivity index (χ3n) is 4.72. The minimum absolute atomic E-state index is 0.0469. The van der Waals surface area contributed by atoms with Gasteiger partial charge in [0.25, 0.3) is 5.91 Å². The Morgan fingerprint density at radius 1 is 1.16 bits per heavy atom. The summed E-state index contributed by atoms with van der Waals surface area (Å²) in [5.41, 5.74) is 0.921. The first-order chi connectivity index (χ1) is 15.3. The van der Waals surface area contributed by atoms with E-state index in [1.165, 1.54) is 17.0 Å². The zero-order chi connectivity index (χ0) is 23.3. The van der Waals surface area contributed by atoms with Crippen LogP contribution in [0.5, 0.6) is 5.75 Å². The number of carbonyl (C=O) groups excluding carboxylic acids is 1. The van der Waals surface area contributed by atoms with Crippen molar-refractivity contribution in [2.75, 3.05) is 11.5 Å². The van der Waals surface area contributed by atoms with E-state index in [-0.39, 0.29) is 11.4 Å². The minimum atomic E-state index is -4.50. The minimum Gasteiger partial charge on any atom is -0.494 e. The molecule has 0 radical (unpaired) electrons. The number of hydrogen-bond acceptors (Lipinski definition) is 3. The molecule has 1 saturated heterocycles. The van der Waals surface area contributed by atoms with Crippen LogP contribution in [0, 0.1) is 0 Å². The first-order valence-electron chi connectivity index (χ1n) is 10.1. The molecule has 0 N–H and O–H groups in total. The van der Waals surface area contributed by atoms with E-state index < -0.39 is 17.6 Å². The Labute approximate surface area is 185 Å². The molecular formula is C25H23F3N2O2. The lowest BCUT2D eigenvalue weighted by atomic mass is 10.1. The van der Waals surface area contributed by atoms with Crippen molar-refractivity contribution in [2.24, 2.45) is 4.99 Å². The average Bonchev–Trinajstić information content (AvgIpc) is 3.03. The number of anilines is 1. The molecule has 0 aliphatic carbocycles. The molecule has 0 spiro atoms. The highest BCUT2D eigenvalue weighted by Gasteiger charge is 2.37. The van der Waals surface area contributed by atoms with E-state index >= 15 is 0 Å². The predicted octanol–water partition coefficient (Wildman–Crippen LogP) is 6.63. The van der Waals surface area contributed by atoms with Gasteiger partial charge in [0.2, 0.25) is 0 Å². The van der Waals surface area contributed by atoms with E-state index in [0.717, 1.165) is 18.6 Å². The standard InChI is InChI=1S/C25H23F3N2O2/c1-4-8-22-21(6-3)23(29-18-10-7-9-17(16-18)25(26,27)28)24(31)30(22)19-11-13-20(14-12-19)32-15-5-2/h4,6-14,16H,1,5,15H2,2-3H3/b21-6+,22-8+,29-23?. The van der Waals surface area contributed by atoms with Crippen LogP contribution in [-0.4, -0.2) is 18.2 Å². The number of halogens is 3. The van der Waals surface area contributed by atoms with Gasteiger partial charge in [-0.15, -0.1) is 0 Å². The van der Waals surface area contributed by atoms with E-state index in [1.54, 1.807) is 49.4 Å². The van der Waals surface area contributed by atoms with Crippen molar-refractivity contribution in [3.8, 4) is 5.75 Å². The zero-order valence-electron chi connectivity index (χ0n) is 17.8. The van der Waals surface area contributed by atoms with Gasteiger partial charge in [0, 0.05) is 11.3 Å². The van der Waals surface area contributed by atoms with Crippen LogP contribution in [-0.2, 0) is 11.0 Å². The number of alkyl halides is 3. The summed E-state index contributed by atoms with van der Waals surface area (Å²) < 4.78 is 44.9. The number of amides is 1. The lowest BCUT2D eigenvalue weighted by molar-refractivity contribution is -0.137. The summed E-state index contributed by atoms with van der Waals surface area (Å²) in [6.07, 6.45) is 1.30. The molecule has 0 bridgehead atoms. The van der Waals surface area contributed by atoms with Gasteiger partial charge in [-0.25, -0.2) is 4.99 Å². The summed E-state index contributed by atoms with van der Waals surface area (Å²) >= 11 is 0. The number of nitrogens with zero attached hydrogens (tertiary/aromatic N) is 2. The maximum Gasteiger partial charge on any atom is 0.416 e. The monoisotopic (exact) mass is 440 g/mol. The van der Waals surface area contributed by atoms with E-state index in [1.807, 2.05) is 6.92 Å². The third kappa shape index (κ3) is 4.82. The lowest BCUT2D eigenvalue weighted by Gasteiger charge is -2.18. The Bertz CT molecular complexity index is 1100. The van der Waals surface area contributed by atoms with Gasteiger partial charge in [-0.2, -0.15) is 13.2 Å². The molecule has 2 aromatic carbocycles. The lowest BCUT2D eigenvalue weighted by Crippen LogP contribution is -2.26. The number of rotatable bonds is 6. The predicted molar refractivity (Wildman–Crippen MR) is 120 cm³/mol. The number of aliphatic imine (C=N–C) groups is 1. The fourth-order valence-electron chi connectivity index (χ4n) is 3.29. The second-order valence-corrected chi connectivity index (χ2v) is 6.98. The van der Waals surface area contributed by atoms with Crippen molar-refractivity contribution < 1.29 is 22.7 Å². The molecule has 0 atom stereocenters. The van der Waals surface area contributed by atoms with Crippen LogP contribution in [0.4, 0.5) is 24.5 Å². The maximum absolute atomic E-state index is 13.3. The molecule has 1 aliphatic heterocycles. The molecule has 4 nitrogen and oxygen atoms in total. The van der Waals surface area contributed by atoms with Crippen LogP contribution in [0.25, 0.3) is 0 Å². The van der Waals surface area contributed by atoms with Crippen LogP contribution < -0.4 is 9.64 Å². The first kappa shape index (κ1) is 23.1. The van der Waals surface area contributed by atoms with Gasteiger partial charge in [-0.3, -0.25) is 9.69 Å². The number of hydrogen-bond donors (Lipinski definition) is 0. The van der Waals surface area contributed by atoms with Crippen molar-refractivity contribution in [3.63, 3.8) is 0 Å². The smallest absolute Gasteiger partial charge is 0.416 e. The van der Waals surface area contributed by atoms with Crippen molar-refractivity contribution >= 4 is 23.0 Å². The molecule has 0 unspecified atom stereocenters. The van der Waals surface area contributed by atoms with Crippen LogP contribution in [0.3, 0.4) is 0 Å². The van der Waals surface area contributed by atoms with Gasteiger partial charge in [0.15, 0.2) is 0 Å². The Hall–Kier alpha value is -3.61. The molecule has 0 aromatic heterocycles. The van der Waals surface area contributed by atoms with Crippen LogP contribution in [0.1, 0.15) is 25.8 Å². The summed E-state index contributed by atoms with van der Waals surface area (Å²) in [4.78, 5) is 19.1. The average molecular weight is 440 g/mol. The summed E-state index contributed by atoms with van der Waals surface area (Å²) in [7, 11) is 0. The molecule has 3 rings (SSSR count). The Morgan fingerprint density at radius 3 is 2.47 bits per heavy atom. The second kappa shape index (κ2) is 9.68. The molecule has 2 aromatic rings. The Balaban J connectivity index is 2.05. The van der Waals surface area contributed by atoms with Gasteiger partial charge in [0.1, 0.15) is 11.5 Å². The van der Waals surface area contributed by atoms with Gasteiger partial charge in [-0.1, -0.05) is 31.7 Å². The van der Waals surface area contributed by atoms with Crippen LogP contribution in [0.2, 0.25) is 0 Å². The van der Waals surface area contributed by atoms with E-state index in [9.17, 15) is 18.0 Å². The highest BCUT2D eigenvalue weighted by molar-refractivity contribution is 6.55. The van der Waals surface area contributed by atoms with Crippen molar-refractivity contribution in [3.05, 3.63) is 90.2 Å². The fraction of sp³-hybridized carbons (Fsp3) is 0.200. The summed E-state index contributed by atoms with van der Waals surface area (Å²) in [6.45, 7) is 8.05. The van der Waals surface area contributed by atoms with E-state index in [2.05, 4.69) is 11.6 Å². The van der Waals surface area contributed by atoms with Crippen molar-refractivity contribution in [1.29, 1.82) is 0 Å². The molecule has 0 saturated carbocycles. The Morgan fingerprint density at radius 2 is 1.88 bits per heavy atom. The number of carbonyl (C=O) groups is 1. The van der Waals surface area contributed by atoms with Crippen molar-refractivity contribution in [2.45, 2.75) is 26.4 Å². The summed E-state index contributed by atoms with van der Waals surface area (Å²) in [5.74, 6) is 0.242. The summed E-state index contributed by atoms with van der Waals surface area (Å²) in [5, 5.41) is 0. The number of benzene rings is 2. The van der Waals surface area contributed by atoms with Gasteiger partial charge in [-0.05, 0) is 61.9 Å². The third-order valence-corrected chi connectivity index (χ3v) is 4.72. The van der Waals surface area contributed by atoms with Crippen LogP contribution >= 0.6 is 0 Å². The normalized spacial score (nSPS) is 18.1. The van der Waals surface area contributed by atoms with Gasteiger partial charge < -0.3 is 4.74 Å². The number of allylic oxidation sites excluding steroid dienone is 4. The molecular weight excluding hydrogens is 417 g/mol. The topological polar surface area (TPSA) is 41.9 Å². The molecule has 166 valence electrons. The van der Waals surface area contributed by atoms with Crippen molar-refractivity contribution in [1.82, 2.24) is 0 Å². The summed E-state index contributed by atoms with van der Waals surface area (Å²) in [6, 6.07) is 11.6. The largest absolute Gasteiger partial charge is 0.494 e. The van der Waals surface area contributed by atoms with Gasteiger partial charge in [0.05, 0.1) is 23.6 Å². The molecule has 1 amide bonds. The highest BCUT2D eigenvalue weighted by Crippen LogP contribution is 2.36. The molecule has 1 heterocycles. The highest BCUT2D eigenvalue weighted by atomic mass is 19.4.